The van der Waals surface area contributed by atoms with Crippen molar-refractivity contribution in [2.45, 2.75) is 5.41 Å². The Labute approximate surface area is 370 Å². The van der Waals surface area contributed by atoms with Gasteiger partial charge in [-0.25, -0.2) is 0 Å². The molecule has 0 amide bonds. The van der Waals surface area contributed by atoms with Gasteiger partial charge >= 0.3 is 0 Å². The molecule has 0 heterocycles. The largest absolute Gasteiger partial charge is 0.310 e. The van der Waals surface area contributed by atoms with E-state index in [9.17, 15) is 0 Å². The van der Waals surface area contributed by atoms with E-state index in [-0.39, 0.29) is 0 Å². The van der Waals surface area contributed by atoms with Crippen molar-refractivity contribution in [3.8, 4) is 33.4 Å². The van der Waals surface area contributed by atoms with Crippen LogP contribution < -0.4 is 9.80 Å². The summed E-state index contributed by atoms with van der Waals surface area (Å²) in [5.74, 6) is 0. The van der Waals surface area contributed by atoms with E-state index in [4.69, 9.17) is 0 Å². The highest BCUT2D eigenvalue weighted by atomic mass is 15.2. The molecule has 10 aromatic rings. The summed E-state index contributed by atoms with van der Waals surface area (Å²) in [4.78, 5) is 4.83. The minimum Gasteiger partial charge on any atom is -0.310 e. The van der Waals surface area contributed by atoms with Gasteiger partial charge in [0, 0.05) is 34.0 Å². The molecule has 0 fully saturated rings. The molecule has 63 heavy (non-hydrogen) atoms. The zero-order valence-corrected chi connectivity index (χ0v) is 34.8. The van der Waals surface area contributed by atoms with Crippen molar-refractivity contribution >= 4 is 34.1 Å². The van der Waals surface area contributed by atoms with Crippen LogP contribution in [0.1, 0.15) is 22.3 Å². The van der Waals surface area contributed by atoms with Gasteiger partial charge in [0.15, 0.2) is 0 Å². The van der Waals surface area contributed by atoms with Crippen molar-refractivity contribution in [2.75, 3.05) is 9.80 Å². The van der Waals surface area contributed by atoms with Crippen molar-refractivity contribution < 1.29 is 0 Å². The molecule has 0 aliphatic heterocycles. The summed E-state index contributed by atoms with van der Waals surface area (Å²) in [7, 11) is 0. The van der Waals surface area contributed by atoms with Gasteiger partial charge in [0.05, 0.1) is 11.1 Å². The minimum absolute atomic E-state index is 0.627. The van der Waals surface area contributed by atoms with E-state index in [1.807, 2.05) is 0 Å². The summed E-state index contributed by atoms with van der Waals surface area (Å²) >= 11 is 0. The molecule has 2 nitrogen and oxygen atoms in total. The molecule has 10 aromatic carbocycles. The number of nitrogens with zero attached hydrogens (tertiary/aromatic N) is 2. The molecule has 0 aromatic heterocycles. The molecule has 0 N–H and O–H groups in total. The number of hydrogen-bond donors (Lipinski definition) is 0. The lowest BCUT2D eigenvalue weighted by Gasteiger charge is -2.35. The summed E-state index contributed by atoms with van der Waals surface area (Å²) in [6.45, 7) is 0. The highest BCUT2D eigenvalue weighted by molar-refractivity contribution is 5.98. The number of hydrogen-bond acceptors (Lipinski definition) is 2. The number of benzene rings is 10. The molecule has 1 aliphatic carbocycles. The third kappa shape index (κ3) is 6.70. The fourth-order valence-electron chi connectivity index (χ4n) is 9.73. The zero-order chi connectivity index (χ0) is 42.0. The first-order valence-electron chi connectivity index (χ1n) is 21.7. The van der Waals surface area contributed by atoms with Crippen LogP contribution in [0, 0.1) is 0 Å². The zero-order valence-electron chi connectivity index (χ0n) is 34.8. The number of para-hydroxylation sites is 2. The highest BCUT2D eigenvalue weighted by Gasteiger charge is 2.48. The van der Waals surface area contributed by atoms with E-state index in [0.717, 1.165) is 34.1 Å². The topological polar surface area (TPSA) is 6.48 Å². The van der Waals surface area contributed by atoms with Gasteiger partial charge in [0.25, 0.3) is 0 Å². The minimum atomic E-state index is -0.627. The molecule has 0 atom stereocenters. The molecular formula is C61H44N2. The lowest BCUT2D eigenvalue weighted by Crippen LogP contribution is -2.29. The Morgan fingerprint density at radius 2 is 0.635 bits per heavy atom. The Hall–Kier alpha value is -8.20. The van der Waals surface area contributed by atoms with Crippen LogP contribution in [-0.4, -0.2) is 0 Å². The van der Waals surface area contributed by atoms with Crippen LogP contribution in [0.15, 0.2) is 267 Å². The third-order valence-electron chi connectivity index (χ3n) is 12.5. The molecule has 0 saturated carbocycles. The van der Waals surface area contributed by atoms with Crippen LogP contribution in [0.25, 0.3) is 33.4 Å². The van der Waals surface area contributed by atoms with Gasteiger partial charge in [-0.15, -0.1) is 0 Å². The Morgan fingerprint density at radius 3 is 1.13 bits per heavy atom. The second kappa shape index (κ2) is 16.3. The second-order valence-corrected chi connectivity index (χ2v) is 16.1. The second-order valence-electron chi connectivity index (χ2n) is 16.1. The Morgan fingerprint density at radius 1 is 0.254 bits per heavy atom. The highest BCUT2D eigenvalue weighted by Crippen LogP contribution is 2.60. The fraction of sp³-hybridized carbons (Fsp3) is 0.0164. The average Bonchev–Trinajstić information content (AvgIpc) is 3.67. The maximum absolute atomic E-state index is 2.46. The van der Waals surface area contributed by atoms with Crippen molar-refractivity contribution in [1.29, 1.82) is 0 Å². The lowest BCUT2D eigenvalue weighted by molar-refractivity contribution is 0.768. The van der Waals surface area contributed by atoms with E-state index in [1.54, 1.807) is 0 Å². The molecule has 1 aliphatic rings. The number of fused-ring (bicyclic) bond motifs is 3. The summed E-state index contributed by atoms with van der Waals surface area (Å²) in [6, 6.07) is 96.9. The molecule has 11 rings (SSSR count). The molecule has 2 heteroatoms. The van der Waals surface area contributed by atoms with Gasteiger partial charge in [-0.1, -0.05) is 200 Å². The first kappa shape index (κ1) is 37.8. The average molecular weight is 805 g/mol. The summed E-state index contributed by atoms with van der Waals surface area (Å²) in [6.07, 6.45) is 0. The molecule has 298 valence electrons. The van der Waals surface area contributed by atoms with Gasteiger partial charge in [0.2, 0.25) is 0 Å². The van der Waals surface area contributed by atoms with Gasteiger partial charge in [-0.2, -0.15) is 0 Å². The molecular weight excluding hydrogens is 761 g/mol. The lowest BCUT2D eigenvalue weighted by atomic mass is 9.67. The third-order valence-corrected chi connectivity index (χ3v) is 12.5. The van der Waals surface area contributed by atoms with Crippen molar-refractivity contribution in [3.63, 3.8) is 0 Å². The van der Waals surface area contributed by atoms with Crippen LogP contribution in [0.3, 0.4) is 0 Å². The van der Waals surface area contributed by atoms with Gasteiger partial charge in [-0.05, 0) is 117 Å². The van der Waals surface area contributed by atoms with E-state index >= 15 is 0 Å². The normalized spacial score (nSPS) is 12.3. The smallest absolute Gasteiger partial charge is 0.0715 e. The molecule has 0 saturated heterocycles. The van der Waals surface area contributed by atoms with Crippen LogP contribution in [0.4, 0.5) is 34.1 Å². The Kier molecular flexibility index (Phi) is 9.80. The molecule has 0 spiro atoms. The monoisotopic (exact) mass is 804 g/mol. The van der Waals surface area contributed by atoms with Crippen LogP contribution in [0.2, 0.25) is 0 Å². The Bertz CT molecular complexity index is 3070. The first-order chi connectivity index (χ1) is 31.3. The number of rotatable bonds is 10. The predicted octanol–water partition coefficient (Wildman–Crippen LogP) is 16.3. The predicted molar refractivity (Wildman–Crippen MR) is 264 cm³/mol. The van der Waals surface area contributed by atoms with E-state index < -0.39 is 5.41 Å². The van der Waals surface area contributed by atoms with Crippen LogP contribution in [-0.2, 0) is 5.41 Å². The quantitative estimate of drug-likeness (QED) is 0.136. The van der Waals surface area contributed by atoms with E-state index in [1.165, 1.54) is 55.6 Å². The Balaban J connectivity index is 1.16. The van der Waals surface area contributed by atoms with Crippen LogP contribution >= 0.6 is 0 Å². The van der Waals surface area contributed by atoms with Crippen molar-refractivity contribution in [1.82, 2.24) is 0 Å². The molecule has 0 radical (unpaired) electrons. The maximum atomic E-state index is 2.46. The fourth-order valence-corrected chi connectivity index (χ4v) is 9.73. The first-order valence-corrected chi connectivity index (χ1v) is 21.7. The molecule has 0 unspecified atom stereocenters. The van der Waals surface area contributed by atoms with Gasteiger partial charge in [-0.3, -0.25) is 0 Å². The van der Waals surface area contributed by atoms with Crippen molar-refractivity contribution in [3.05, 3.63) is 289 Å². The van der Waals surface area contributed by atoms with Gasteiger partial charge in [0.1, 0.15) is 0 Å². The summed E-state index contributed by atoms with van der Waals surface area (Å²) in [5, 5.41) is 0. The number of anilines is 6. The molecule has 0 bridgehead atoms. The summed E-state index contributed by atoms with van der Waals surface area (Å²) in [5.41, 5.74) is 18.1. The standard InChI is InChI=1S/C61H44N2/c1-7-20-45(21-8-1)47-34-38-53(39-35-47)62(51-28-15-5-16-29-51)55-42-43-56-58(44-55)61(49-24-11-3-12-25-49,50-26-13-4-14-27-50)57-32-19-33-59(60(56)57)63(52-30-17-6-18-31-52)54-40-36-48(37-41-54)46-22-9-2-10-23-46/h1-44H. The SMILES string of the molecule is c1ccc(-c2ccc(N(c3ccccc3)c3ccc4c(c3)C(c3ccccc3)(c3ccccc3)c3cccc(N(c5ccccc5)c5ccc(-c6ccccc6)cc5)c3-4)cc2)cc1. The van der Waals surface area contributed by atoms with Gasteiger partial charge < -0.3 is 9.80 Å². The van der Waals surface area contributed by atoms with Crippen molar-refractivity contribution in [2.24, 2.45) is 0 Å². The van der Waals surface area contributed by atoms with Crippen LogP contribution in [0.5, 0.6) is 0 Å². The van der Waals surface area contributed by atoms with E-state index in [2.05, 4.69) is 277 Å². The van der Waals surface area contributed by atoms with E-state index in [0.29, 0.717) is 0 Å². The maximum Gasteiger partial charge on any atom is 0.0715 e. The summed E-state index contributed by atoms with van der Waals surface area (Å²) < 4.78 is 0.